The average Bonchev–Trinajstić information content (AvgIpc) is 2.48. The fourth-order valence-corrected chi connectivity index (χ4v) is 2.32. The summed E-state index contributed by atoms with van der Waals surface area (Å²) in [4.78, 5) is 0. The van der Waals surface area contributed by atoms with Gasteiger partial charge in [-0.1, -0.05) is 60.7 Å². The van der Waals surface area contributed by atoms with E-state index in [0.717, 1.165) is 18.5 Å². The number of aliphatic hydroxyl groups is 1. The van der Waals surface area contributed by atoms with Gasteiger partial charge in [-0.3, -0.25) is 0 Å². The molecule has 1 unspecified atom stereocenters. The number of aliphatic hydroxyl groups excluding tert-OH is 1. The molecule has 2 aromatic carbocycles. The number of hydrogen-bond acceptors (Lipinski definition) is 2. The van der Waals surface area contributed by atoms with Gasteiger partial charge < -0.3 is 10.4 Å². The van der Waals surface area contributed by atoms with Gasteiger partial charge in [0.1, 0.15) is 0 Å². The quantitative estimate of drug-likeness (QED) is 0.843. The van der Waals surface area contributed by atoms with Crippen LogP contribution in [-0.2, 0) is 6.42 Å². The molecule has 0 saturated carbocycles. The van der Waals surface area contributed by atoms with Gasteiger partial charge in [0.15, 0.2) is 0 Å². The van der Waals surface area contributed by atoms with E-state index < -0.39 is 6.10 Å². The van der Waals surface area contributed by atoms with E-state index in [4.69, 9.17) is 0 Å². The van der Waals surface area contributed by atoms with Crippen molar-refractivity contribution in [3.8, 4) is 0 Å². The van der Waals surface area contributed by atoms with Crippen molar-refractivity contribution < 1.29 is 5.11 Å². The Hall–Kier alpha value is -1.64. The maximum Gasteiger partial charge on any atom is 0.0966 e. The molecule has 20 heavy (non-hydrogen) atoms. The van der Waals surface area contributed by atoms with E-state index in [1.807, 2.05) is 50.2 Å². The van der Waals surface area contributed by atoms with Crippen LogP contribution in [0.25, 0.3) is 0 Å². The van der Waals surface area contributed by atoms with Crippen LogP contribution >= 0.6 is 0 Å². The maximum atomic E-state index is 10.5. The predicted molar refractivity (Wildman–Crippen MR) is 83.6 cm³/mol. The van der Waals surface area contributed by atoms with Gasteiger partial charge in [-0.05, 0) is 37.9 Å². The van der Waals surface area contributed by atoms with Crippen LogP contribution in [0.5, 0.6) is 0 Å². The Kier molecular flexibility index (Phi) is 4.94. The molecule has 2 N–H and O–H groups in total. The highest BCUT2D eigenvalue weighted by Gasteiger charge is 2.28. The minimum Gasteiger partial charge on any atom is -0.387 e. The lowest BCUT2D eigenvalue weighted by atomic mass is 9.91. The Bertz CT molecular complexity index is 507. The molecule has 0 radical (unpaired) electrons. The fraction of sp³-hybridized carbons (Fsp3) is 0.333. The highest BCUT2D eigenvalue weighted by Crippen LogP contribution is 2.25. The largest absolute Gasteiger partial charge is 0.387 e. The molecule has 2 heteroatoms. The zero-order chi connectivity index (χ0) is 14.4. The van der Waals surface area contributed by atoms with Crippen molar-refractivity contribution in [3.63, 3.8) is 0 Å². The van der Waals surface area contributed by atoms with E-state index in [9.17, 15) is 5.11 Å². The predicted octanol–water partition coefficient (Wildman–Crippen LogP) is 3.33. The third-order valence-corrected chi connectivity index (χ3v) is 3.64. The first-order chi connectivity index (χ1) is 9.59. The minimum absolute atomic E-state index is 0.351. The van der Waals surface area contributed by atoms with Gasteiger partial charge in [0.25, 0.3) is 0 Å². The molecule has 0 spiro atoms. The monoisotopic (exact) mass is 269 g/mol. The highest BCUT2D eigenvalue weighted by atomic mass is 16.3. The highest BCUT2D eigenvalue weighted by molar-refractivity contribution is 5.20. The molecular formula is C18H23NO. The van der Waals surface area contributed by atoms with Gasteiger partial charge in [0.2, 0.25) is 0 Å². The standard InChI is InChI=1S/C18H23NO/c1-18(2,17(20)16-11-7-4-8-12-16)19-14-13-15-9-5-3-6-10-15/h3-12,17,19-20H,13-14H2,1-2H3. The summed E-state index contributed by atoms with van der Waals surface area (Å²) >= 11 is 0. The average molecular weight is 269 g/mol. The molecular weight excluding hydrogens is 246 g/mol. The summed E-state index contributed by atoms with van der Waals surface area (Å²) in [6.07, 6.45) is 0.450. The molecule has 0 aliphatic heterocycles. The molecule has 0 saturated heterocycles. The van der Waals surface area contributed by atoms with Crippen molar-refractivity contribution in [3.05, 3.63) is 71.8 Å². The third kappa shape index (κ3) is 3.92. The molecule has 106 valence electrons. The maximum absolute atomic E-state index is 10.5. The molecule has 1 atom stereocenters. The lowest BCUT2D eigenvalue weighted by Crippen LogP contribution is -2.45. The van der Waals surface area contributed by atoms with E-state index in [-0.39, 0.29) is 5.54 Å². The van der Waals surface area contributed by atoms with Crippen LogP contribution in [0.3, 0.4) is 0 Å². The summed E-state index contributed by atoms with van der Waals surface area (Å²) in [5, 5.41) is 13.9. The Morgan fingerprint density at radius 2 is 1.50 bits per heavy atom. The van der Waals surface area contributed by atoms with Crippen LogP contribution in [0, 0.1) is 0 Å². The van der Waals surface area contributed by atoms with E-state index in [2.05, 4.69) is 29.6 Å². The summed E-state index contributed by atoms with van der Waals surface area (Å²) in [6, 6.07) is 20.2. The van der Waals surface area contributed by atoms with Crippen molar-refractivity contribution in [2.45, 2.75) is 31.9 Å². The van der Waals surface area contributed by atoms with Gasteiger partial charge in [-0.15, -0.1) is 0 Å². The van der Waals surface area contributed by atoms with E-state index >= 15 is 0 Å². The number of benzene rings is 2. The first kappa shape index (κ1) is 14.8. The Morgan fingerprint density at radius 3 is 2.10 bits per heavy atom. The van der Waals surface area contributed by atoms with Crippen molar-refractivity contribution in [2.75, 3.05) is 6.54 Å². The van der Waals surface area contributed by atoms with Crippen LogP contribution in [0.2, 0.25) is 0 Å². The molecule has 0 heterocycles. The van der Waals surface area contributed by atoms with Gasteiger partial charge in [-0.25, -0.2) is 0 Å². The smallest absolute Gasteiger partial charge is 0.0966 e. The third-order valence-electron chi connectivity index (χ3n) is 3.64. The lowest BCUT2D eigenvalue weighted by Gasteiger charge is -2.32. The first-order valence-corrected chi connectivity index (χ1v) is 7.11. The van der Waals surface area contributed by atoms with Crippen molar-refractivity contribution in [1.29, 1.82) is 0 Å². The van der Waals surface area contributed by atoms with Gasteiger partial charge in [0, 0.05) is 5.54 Å². The van der Waals surface area contributed by atoms with Crippen LogP contribution in [0.15, 0.2) is 60.7 Å². The van der Waals surface area contributed by atoms with Crippen LogP contribution in [0.4, 0.5) is 0 Å². The molecule has 0 aliphatic rings. The number of hydrogen-bond donors (Lipinski definition) is 2. The Labute approximate surface area is 121 Å². The molecule has 0 amide bonds. The normalized spacial score (nSPS) is 13.2. The first-order valence-electron chi connectivity index (χ1n) is 7.11. The van der Waals surface area contributed by atoms with Gasteiger partial charge >= 0.3 is 0 Å². The van der Waals surface area contributed by atoms with Gasteiger partial charge in [0.05, 0.1) is 6.10 Å². The fourth-order valence-electron chi connectivity index (χ4n) is 2.32. The Morgan fingerprint density at radius 1 is 0.950 bits per heavy atom. The van der Waals surface area contributed by atoms with Crippen LogP contribution < -0.4 is 5.32 Å². The molecule has 0 fully saturated rings. The topological polar surface area (TPSA) is 32.3 Å². The molecule has 2 aromatic rings. The summed E-state index contributed by atoms with van der Waals surface area (Å²) in [5.41, 5.74) is 1.91. The molecule has 2 rings (SSSR count). The second kappa shape index (κ2) is 6.69. The summed E-state index contributed by atoms with van der Waals surface area (Å²) in [7, 11) is 0. The molecule has 0 aromatic heterocycles. The second-order valence-corrected chi connectivity index (χ2v) is 5.70. The molecule has 2 nitrogen and oxygen atoms in total. The van der Waals surface area contributed by atoms with Crippen LogP contribution in [0.1, 0.15) is 31.1 Å². The van der Waals surface area contributed by atoms with Crippen molar-refractivity contribution in [2.24, 2.45) is 0 Å². The zero-order valence-electron chi connectivity index (χ0n) is 12.2. The van der Waals surface area contributed by atoms with Crippen molar-refractivity contribution in [1.82, 2.24) is 5.32 Å². The van der Waals surface area contributed by atoms with E-state index in [1.54, 1.807) is 0 Å². The minimum atomic E-state index is -0.514. The number of rotatable bonds is 6. The lowest BCUT2D eigenvalue weighted by molar-refractivity contribution is 0.0807. The van der Waals surface area contributed by atoms with E-state index in [1.165, 1.54) is 5.56 Å². The zero-order valence-corrected chi connectivity index (χ0v) is 12.2. The summed E-state index contributed by atoms with van der Waals surface area (Å²) in [6.45, 7) is 4.92. The summed E-state index contributed by atoms with van der Waals surface area (Å²) < 4.78 is 0. The van der Waals surface area contributed by atoms with Gasteiger partial charge in [-0.2, -0.15) is 0 Å². The molecule has 0 bridgehead atoms. The Balaban J connectivity index is 1.90. The van der Waals surface area contributed by atoms with Crippen molar-refractivity contribution >= 4 is 0 Å². The number of nitrogens with one attached hydrogen (secondary N) is 1. The van der Waals surface area contributed by atoms with E-state index in [0.29, 0.717) is 0 Å². The molecule has 0 aliphatic carbocycles. The van der Waals surface area contributed by atoms with Crippen LogP contribution in [-0.4, -0.2) is 17.2 Å². The second-order valence-electron chi connectivity index (χ2n) is 5.70. The summed E-state index contributed by atoms with van der Waals surface area (Å²) in [5.74, 6) is 0. The SMILES string of the molecule is CC(C)(NCCc1ccccc1)C(O)c1ccccc1.